The van der Waals surface area contributed by atoms with E-state index in [1.165, 1.54) is 12.8 Å². The highest BCUT2D eigenvalue weighted by Gasteiger charge is 2.24. The van der Waals surface area contributed by atoms with Gasteiger partial charge in [0.05, 0.1) is 6.54 Å². The molecule has 1 N–H and O–H groups in total. The Morgan fingerprint density at radius 3 is 2.89 bits per heavy atom. The van der Waals surface area contributed by atoms with Crippen LogP contribution in [0.25, 0.3) is 0 Å². The monoisotopic (exact) mass is 260 g/mol. The lowest BCUT2D eigenvalue weighted by Gasteiger charge is -2.20. The van der Waals surface area contributed by atoms with Crippen molar-refractivity contribution in [1.82, 2.24) is 10.2 Å². The maximum absolute atomic E-state index is 13.9. The lowest BCUT2D eigenvalue weighted by atomic mass is 10.1. The smallest absolute Gasteiger partial charge is 0.127 e. The molecule has 0 saturated heterocycles. The first-order chi connectivity index (χ1) is 9.22. The lowest BCUT2D eigenvalue weighted by Crippen LogP contribution is -2.26. The molecule has 0 amide bonds. The van der Waals surface area contributed by atoms with Gasteiger partial charge in [-0.2, -0.15) is 0 Å². The van der Waals surface area contributed by atoms with Crippen molar-refractivity contribution < 1.29 is 4.39 Å². The van der Waals surface area contributed by atoms with Gasteiger partial charge in [-0.3, -0.25) is 4.90 Å². The molecule has 2 rings (SSSR count). The number of halogens is 1. The van der Waals surface area contributed by atoms with E-state index in [2.05, 4.69) is 16.1 Å². The predicted octanol–water partition coefficient (Wildman–Crippen LogP) is 2.39. The highest BCUT2D eigenvalue weighted by Crippen LogP contribution is 2.30. The number of nitrogens with zero attached hydrogens (tertiary/aromatic N) is 1. The number of hydrogen-bond acceptors (Lipinski definition) is 2. The minimum absolute atomic E-state index is 0.141. The van der Waals surface area contributed by atoms with Gasteiger partial charge in [0, 0.05) is 25.2 Å². The molecule has 1 aromatic carbocycles. The number of rotatable bonds is 7. The zero-order valence-corrected chi connectivity index (χ0v) is 11.5. The molecule has 0 atom stereocenters. The van der Waals surface area contributed by atoms with Crippen molar-refractivity contribution in [3.8, 4) is 12.3 Å². The molecule has 1 aliphatic rings. The van der Waals surface area contributed by atoms with Crippen LogP contribution in [-0.2, 0) is 13.1 Å². The maximum Gasteiger partial charge on any atom is 0.127 e. The number of nitrogens with one attached hydrogen (secondary N) is 1. The molecule has 0 aliphatic heterocycles. The summed E-state index contributed by atoms with van der Waals surface area (Å²) < 4.78 is 13.9. The Morgan fingerprint density at radius 1 is 1.47 bits per heavy atom. The first-order valence-corrected chi connectivity index (χ1v) is 6.80. The van der Waals surface area contributed by atoms with Gasteiger partial charge in [0.15, 0.2) is 0 Å². The van der Waals surface area contributed by atoms with Gasteiger partial charge in [-0.1, -0.05) is 18.1 Å². The van der Waals surface area contributed by atoms with Crippen LogP contribution >= 0.6 is 0 Å². The summed E-state index contributed by atoms with van der Waals surface area (Å²) in [4.78, 5) is 2.17. The summed E-state index contributed by atoms with van der Waals surface area (Å²) in [6, 6.07) is 5.30. The largest absolute Gasteiger partial charge is 0.316 e. The Bertz CT molecular complexity index is 460. The Balaban J connectivity index is 2.05. The topological polar surface area (TPSA) is 15.3 Å². The summed E-state index contributed by atoms with van der Waals surface area (Å²) in [5.41, 5.74) is 1.84. The zero-order valence-electron chi connectivity index (χ0n) is 11.5. The highest BCUT2D eigenvalue weighted by atomic mass is 19.1. The van der Waals surface area contributed by atoms with Crippen LogP contribution < -0.4 is 5.32 Å². The second-order valence-corrected chi connectivity index (χ2v) is 5.27. The van der Waals surface area contributed by atoms with Crippen LogP contribution in [0.5, 0.6) is 0 Å². The minimum Gasteiger partial charge on any atom is -0.316 e. The van der Waals surface area contributed by atoms with Crippen molar-refractivity contribution in [3.63, 3.8) is 0 Å². The lowest BCUT2D eigenvalue weighted by molar-refractivity contribution is 0.282. The summed E-state index contributed by atoms with van der Waals surface area (Å²) in [6.07, 6.45) is 7.96. The summed E-state index contributed by atoms with van der Waals surface area (Å²) in [5, 5.41) is 3.08. The summed E-state index contributed by atoms with van der Waals surface area (Å²) in [7, 11) is 1.89. The van der Waals surface area contributed by atoms with Crippen LogP contribution in [0, 0.1) is 24.1 Å². The average molecular weight is 260 g/mol. The number of benzene rings is 1. The van der Waals surface area contributed by atoms with Gasteiger partial charge >= 0.3 is 0 Å². The second kappa shape index (κ2) is 6.70. The van der Waals surface area contributed by atoms with Crippen LogP contribution in [0.2, 0.25) is 0 Å². The van der Waals surface area contributed by atoms with Gasteiger partial charge in [-0.05, 0) is 37.4 Å². The molecule has 1 aliphatic carbocycles. The van der Waals surface area contributed by atoms with Crippen molar-refractivity contribution in [1.29, 1.82) is 0 Å². The molecule has 1 saturated carbocycles. The van der Waals surface area contributed by atoms with Crippen molar-refractivity contribution >= 4 is 0 Å². The van der Waals surface area contributed by atoms with Crippen molar-refractivity contribution in [2.24, 2.45) is 5.92 Å². The van der Waals surface area contributed by atoms with E-state index in [1.54, 1.807) is 6.07 Å². The fraction of sp³-hybridized carbons (Fsp3) is 0.500. The Hall–Kier alpha value is -1.37. The van der Waals surface area contributed by atoms with Gasteiger partial charge in [0.1, 0.15) is 5.82 Å². The van der Waals surface area contributed by atoms with Crippen LogP contribution in [0.15, 0.2) is 18.2 Å². The first kappa shape index (κ1) is 14.0. The van der Waals surface area contributed by atoms with Crippen LogP contribution in [0.3, 0.4) is 0 Å². The molecule has 0 bridgehead atoms. The molecular weight excluding hydrogens is 239 g/mol. The normalized spacial score (nSPS) is 14.6. The molecule has 0 radical (unpaired) electrons. The van der Waals surface area contributed by atoms with Crippen molar-refractivity contribution in [2.75, 3.05) is 20.1 Å². The third-order valence-electron chi connectivity index (χ3n) is 3.41. The highest BCUT2D eigenvalue weighted by molar-refractivity contribution is 5.25. The Morgan fingerprint density at radius 2 is 2.26 bits per heavy atom. The summed E-state index contributed by atoms with van der Waals surface area (Å²) in [6.45, 7) is 2.93. The van der Waals surface area contributed by atoms with Gasteiger partial charge in [0.25, 0.3) is 0 Å². The van der Waals surface area contributed by atoms with E-state index in [9.17, 15) is 4.39 Å². The first-order valence-electron chi connectivity index (χ1n) is 6.80. The molecule has 0 heterocycles. The predicted molar refractivity (Wildman–Crippen MR) is 76.0 cm³/mol. The quantitative estimate of drug-likeness (QED) is 0.757. The van der Waals surface area contributed by atoms with Gasteiger partial charge in [-0.25, -0.2) is 4.39 Å². The fourth-order valence-corrected chi connectivity index (χ4v) is 2.28. The molecule has 1 fully saturated rings. The molecular formula is C16H21FN2. The molecule has 1 aromatic rings. The molecule has 0 spiro atoms. The van der Waals surface area contributed by atoms with Crippen molar-refractivity contribution in [3.05, 3.63) is 35.1 Å². The van der Waals surface area contributed by atoms with E-state index < -0.39 is 0 Å². The van der Waals surface area contributed by atoms with Crippen LogP contribution in [-0.4, -0.2) is 25.0 Å². The van der Waals surface area contributed by atoms with E-state index in [-0.39, 0.29) is 5.82 Å². The van der Waals surface area contributed by atoms with E-state index in [0.717, 1.165) is 30.1 Å². The van der Waals surface area contributed by atoms with E-state index in [1.807, 2.05) is 19.2 Å². The second-order valence-electron chi connectivity index (χ2n) is 5.27. The van der Waals surface area contributed by atoms with Crippen molar-refractivity contribution in [2.45, 2.75) is 25.9 Å². The van der Waals surface area contributed by atoms with E-state index >= 15 is 0 Å². The summed E-state index contributed by atoms with van der Waals surface area (Å²) >= 11 is 0. The minimum atomic E-state index is -0.141. The average Bonchev–Trinajstić information content (AvgIpc) is 3.18. The van der Waals surface area contributed by atoms with Gasteiger partial charge < -0.3 is 5.32 Å². The van der Waals surface area contributed by atoms with Gasteiger partial charge in [-0.15, -0.1) is 6.42 Å². The number of hydrogen-bond donors (Lipinski definition) is 1. The molecule has 0 unspecified atom stereocenters. The molecule has 19 heavy (non-hydrogen) atoms. The van der Waals surface area contributed by atoms with Crippen LogP contribution in [0.4, 0.5) is 4.39 Å². The Kier molecular flexibility index (Phi) is 4.95. The number of terminal acetylenes is 1. The third-order valence-corrected chi connectivity index (χ3v) is 3.41. The molecule has 3 heteroatoms. The van der Waals surface area contributed by atoms with Crippen LogP contribution in [0.1, 0.15) is 24.0 Å². The van der Waals surface area contributed by atoms with Gasteiger partial charge in [0.2, 0.25) is 0 Å². The summed E-state index contributed by atoms with van der Waals surface area (Å²) in [5.74, 6) is 3.29. The SMILES string of the molecule is C#CCN(Cc1cc(CNC)ccc1F)CC1CC1. The molecule has 0 aromatic heterocycles. The molecule has 2 nitrogen and oxygen atoms in total. The zero-order chi connectivity index (χ0) is 13.7. The third kappa shape index (κ3) is 4.34. The fourth-order valence-electron chi connectivity index (χ4n) is 2.28. The maximum atomic E-state index is 13.9. The van der Waals surface area contributed by atoms with E-state index in [4.69, 9.17) is 6.42 Å². The van der Waals surface area contributed by atoms with E-state index in [0.29, 0.717) is 13.1 Å². The standard InChI is InChI=1S/C16H21FN2/c1-3-8-19(11-13-4-5-13)12-15-9-14(10-18-2)6-7-16(15)17/h1,6-7,9,13,18H,4-5,8,10-12H2,2H3. The molecule has 102 valence electrons. The Labute approximate surface area is 115 Å².